The van der Waals surface area contributed by atoms with Gasteiger partial charge in [0.05, 0.1) is 27.3 Å². The highest BCUT2D eigenvalue weighted by Gasteiger charge is 2.16. The van der Waals surface area contributed by atoms with Crippen molar-refractivity contribution in [1.82, 2.24) is 0 Å². The van der Waals surface area contributed by atoms with Crippen LogP contribution in [0.1, 0.15) is 19.4 Å². The number of halogens is 2. The highest BCUT2D eigenvalue weighted by Crippen LogP contribution is 2.31. The summed E-state index contributed by atoms with van der Waals surface area (Å²) in [5, 5.41) is 21.6. The molecular weight excluding hydrogens is 355 g/mol. The third kappa shape index (κ3) is 4.37. The van der Waals surface area contributed by atoms with Gasteiger partial charge in [0.2, 0.25) is 5.90 Å². The molecule has 0 bridgehead atoms. The normalized spacial score (nSPS) is 11.6. The number of hydrogen-bond acceptors (Lipinski definition) is 5. The van der Waals surface area contributed by atoms with Crippen molar-refractivity contribution in [1.29, 1.82) is 0 Å². The first-order valence-corrected chi connectivity index (χ1v) is 7.71. The number of ether oxygens (including phenoxy) is 1. The Balaban J connectivity index is 2.60. The van der Waals surface area contributed by atoms with Crippen molar-refractivity contribution in [2.45, 2.75) is 20.0 Å². The van der Waals surface area contributed by atoms with Gasteiger partial charge in [-0.3, -0.25) is 10.1 Å². The van der Waals surface area contributed by atoms with E-state index in [1.807, 2.05) is 0 Å². The van der Waals surface area contributed by atoms with E-state index in [1.165, 1.54) is 36.4 Å². The van der Waals surface area contributed by atoms with Crippen LogP contribution in [0.15, 0.2) is 41.4 Å². The minimum Gasteiger partial charge on any atom is -0.507 e. The molecule has 2 rings (SSSR count). The van der Waals surface area contributed by atoms with Crippen molar-refractivity contribution in [2.75, 3.05) is 0 Å². The zero-order chi connectivity index (χ0) is 17.9. The van der Waals surface area contributed by atoms with Crippen LogP contribution in [0.4, 0.5) is 11.4 Å². The third-order valence-electron chi connectivity index (χ3n) is 2.90. The van der Waals surface area contributed by atoms with Crippen molar-refractivity contribution in [2.24, 2.45) is 4.99 Å². The van der Waals surface area contributed by atoms with Crippen LogP contribution < -0.4 is 0 Å². The Kier molecular flexibility index (Phi) is 5.64. The second-order valence-electron chi connectivity index (χ2n) is 5.14. The first-order valence-electron chi connectivity index (χ1n) is 6.96. The largest absolute Gasteiger partial charge is 0.507 e. The topological polar surface area (TPSA) is 85.0 Å². The fourth-order valence-corrected chi connectivity index (χ4v) is 2.19. The fourth-order valence-electron chi connectivity index (χ4n) is 1.86. The monoisotopic (exact) mass is 368 g/mol. The molecule has 0 aliphatic heterocycles. The lowest BCUT2D eigenvalue weighted by Crippen LogP contribution is -2.13. The van der Waals surface area contributed by atoms with Crippen LogP contribution in [0.3, 0.4) is 0 Å². The molecule has 0 aliphatic rings. The van der Waals surface area contributed by atoms with Crippen LogP contribution in [0.25, 0.3) is 0 Å². The predicted molar refractivity (Wildman–Crippen MR) is 93.6 cm³/mol. The van der Waals surface area contributed by atoms with E-state index in [2.05, 4.69) is 4.99 Å². The number of phenolic OH excluding ortho intramolecular Hbond substituents is 1. The summed E-state index contributed by atoms with van der Waals surface area (Å²) in [6, 6.07) is 8.31. The van der Waals surface area contributed by atoms with Crippen molar-refractivity contribution < 1.29 is 14.8 Å². The van der Waals surface area contributed by atoms with Gasteiger partial charge >= 0.3 is 0 Å². The average molecular weight is 369 g/mol. The van der Waals surface area contributed by atoms with Crippen molar-refractivity contribution in [3.63, 3.8) is 0 Å². The van der Waals surface area contributed by atoms with E-state index in [0.717, 1.165) is 0 Å². The highest BCUT2D eigenvalue weighted by atomic mass is 35.5. The van der Waals surface area contributed by atoms with Crippen LogP contribution in [0.5, 0.6) is 5.75 Å². The summed E-state index contributed by atoms with van der Waals surface area (Å²) < 4.78 is 5.63. The van der Waals surface area contributed by atoms with Crippen LogP contribution in [-0.4, -0.2) is 22.0 Å². The maximum absolute atomic E-state index is 10.9. The predicted octanol–water partition coefficient (Wildman–Crippen LogP) is 5.11. The summed E-state index contributed by atoms with van der Waals surface area (Å²) in [6.07, 6.45) is -0.250. The molecule has 0 saturated heterocycles. The van der Waals surface area contributed by atoms with Gasteiger partial charge in [-0.15, -0.1) is 0 Å². The first kappa shape index (κ1) is 18.0. The quantitative estimate of drug-likeness (QED) is 0.351. The molecule has 2 aromatic rings. The maximum Gasteiger partial charge on any atom is 0.271 e. The molecular formula is C16H14Cl2N2O4. The molecule has 1 N–H and O–H groups in total. The molecule has 0 aliphatic carbocycles. The van der Waals surface area contributed by atoms with Gasteiger partial charge in [-0.25, -0.2) is 4.99 Å². The Morgan fingerprint density at radius 1 is 1.25 bits per heavy atom. The minimum atomic E-state index is -0.546. The molecule has 126 valence electrons. The summed E-state index contributed by atoms with van der Waals surface area (Å²) in [6.45, 7) is 3.57. The Morgan fingerprint density at radius 2 is 1.96 bits per heavy atom. The average Bonchev–Trinajstić information content (AvgIpc) is 2.50. The Labute approximate surface area is 148 Å². The zero-order valence-corrected chi connectivity index (χ0v) is 14.4. The Bertz CT molecular complexity index is 807. The van der Waals surface area contributed by atoms with Gasteiger partial charge in [0.1, 0.15) is 5.75 Å². The van der Waals surface area contributed by atoms with E-state index in [0.29, 0.717) is 5.02 Å². The van der Waals surface area contributed by atoms with Crippen molar-refractivity contribution >= 4 is 40.5 Å². The van der Waals surface area contributed by atoms with Crippen LogP contribution >= 0.6 is 23.2 Å². The van der Waals surface area contributed by atoms with Crippen molar-refractivity contribution in [3.05, 3.63) is 62.1 Å². The second-order valence-corrected chi connectivity index (χ2v) is 5.98. The van der Waals surface area contributed by atoms with Crippen LogP contribution in [-0.2, 0) is 4.74 Å². The van der Waals surface area contributed by atoms with Gasteiger partial charge in [0.25, 0.3) is 5.69 Å². The van der Waals surface area contributed by atoms with Gasteiger partial charge in [-0.1, -0.05) is 23.2 Å². The molecule has 0 unspecified atom stereocenters. The minimum absolute atomic E-state index is 0.0624. The van der Waals surface area contributed by atoms with E-state index in [4.69, 9.17) is 27.9 Å². The van der Waals surface area contributed by atoms with Gasteiger partial charge < -0.3 is 9.84 Å². The number of aliphatic imine (C=N–C) groups is 1. The second kappa shape index (κ2) is 7.51. The number of rotatable bonds is 4. The van der Waals surface area contributed by atoms with Gasteiger partial charge in [-0.05, 0) is 38.1 Å². The number of non-ortho nitro benzene ring substituents is 1. The van der Waals surface area contributed by atoms with Crippen LogP contribution in [0, 0.1) is 10.1 Å². The molecule has 0 amide bonds. The number of phenols is 1. The molecule has 24 heavy (non-hydrogen) atoms. The number of benzene rings is 2. The number of nitrogens with zero attached hydrogens (tertiary/aromatic N) is 2. The van der Waals surface area contributed by atoms with E-state index >= 15 is 0 Å². The lowest BCUT2D eigenvalue weighted by atomic mass is 10.2. The third-order valence-corrected chi connectivity index (χ3v) is 3.45. The molecule has 0 fully saturated rings. The molecule has 6 nitrogen and oxygen atoms in total. The van der Waals surface area contributed by atoms with E-state index < -0.39 is 4.92 Å². The molecule has 0 radical (unpaired) electrons. The highest BCUT2D eigenvalue weighted by molar-refractivity contribution is 6.33. The molecule has 2 aromatic carbocycles. The standard InChI is InChI=1S/C16H14Cl2N2O4/c1-9(2)24-16(12-7-10(17)3-6-15(12)21)19-14-8-11(20(22)23)4-5-13(14)18/h3-9,21H,1-2H3. The summed E-state index contributed by atoms with van der Waals surface area (Å²) in [5.41, 5.74) is 0.261. The van der Waals surface area contributed by atoms with E-state index in [-0.39, 0.29) is 39.7 Å². The van der Waals surface area contributed by atoms with Crippen LogP contribution in [0.2, 0.25) is 10.0 Å². The summed E-state index contributed by atoms with van der Waals surface area (Å²) >= 11 is 12.0. The first-order chi connectivity index (χ1) is 11.3. The lowest BCUT2D eigenvalue weighted by molar-refractivity contribution is -0.384. The number of nitro groups is 1. The van der Waals surface area contributed by atoms with E-state index in [9.17, 15) is 15.2 Å². The summed E-state index contributed by atoms with van der Waals surface area (Å²) in [5.74, 6) is -0.0206. The maximum atomic E-state index is 10.9. The van der Waals surface area contributed by atoms with Gasteiger partial charge in [0, 0.05) is 17.2 Å². The Morgan fingerprint density at radius 3 is 2.58 bits per heavy atom. The fraction of sp³-hybridized carbons (Fsp3) is 0.188. The molecule has 0 aromatic heterocycles. The Hall–Kier alpha value is -2.31. The number of aromatic hydroxyl groups is 1. The number of hydrogen-bond donors (Lipinski definition) is 1. The van der Waals surface area contributed by atoms with Crippen molar-refractivity contribution in [3.8, 4) is 5.75 Å². The molecule has 0 spiro atoms. The molecule has 8 heteroatoms. The molecule has 0 atom stereocenters. The molecule has 0 saturated carbocycles. The van der Waals surface area contributed by atoms with E-state index in [1.54, 1.807) is 13.8 Å². The summed E-state index contributed by atoms with van der Waals surface area (Å²) in [7, 11) is 0. The van der Waals surface area contributed by atoms with Gasteiger partial charge in [0.15, 0.2) is 0 Å². The van der Waals surface area contributed by atoms with Gasteiger partial charge in [-0.2, -0.15) is 0 Å². The smallest absolute Gasteiger partial charge is 0.271 e. The summed E-state index contributed by atoms with van der Waals surface area (Å²) in [4.78, 5) is 14.6. The lowest BCUT2D eigenvalue weighted by Gasteiger charge is -2.14. The zero-order valence-electron chi connectivity index (χ0n) is 12.9. The number of nitro benzene ring substituents is 1. The SMILES string of the molecule is CC(C)OC(=Nc1cc([N+](=O)[O-])ccc1Cl)c1cc(Cl)ccc1O. The molecule has 0 heterocycles.